The highest BCUT2D eigenvalue weighted by atomic mass is 16.5. The lowest BCUT2D eigenvalue weighted by Gasteiger charge is -2.14. The Balaban J connectivity index is 2.01. The van der Waals surface area contributed by atoms with Gasteiger partial charge in [0.1, 0.15) is 0 Å². The minimum atomic E-state index is -0.0678. The molecule has 0 unspecified atom stereocenters. The molecular formula is C20H26N2O3. The Morgan fingerprint density at radius 2 is 1.76 bits per heavy atom. The first-order valence-corrected chi connectivity index (χ1v) is 8.23. The van der Waals surface area contributed by atoms with Gasteiger partial charge in [-0.25, -0.2) is 0 Å². The van der Waals surface area contributed by atoms with E-state index < -0.39 is 0 Å². The van der Waals surface area contributed by atoms with E-state index in [4.69, 9.17) is 9.47 Å². The first-order chi connectivity index (χ1) is 12.0. The number of hydrogen-bond acceptors (Lipinski definition) is 4. The van der Waals surface area contributed by atoms with E-state index in [1.54, 1.807) is 14.2 Å². The maximum absolute atomic E-state index is 12.3. The molecule has 2 aromatic carbocycles. The Kier molecular flexibility index (Phi) is 6.28. The highest BCUT2D eigenvalue weighted by molar-refractivity contribution is 5.95. The van der Waals surface area contributed by atoms with Crippen molar-refractivity contribution < 1.29 is 14.3 Å². The van der Waals surface area contributed by atoms with Gasteiger partial charge in [0.25, 0.3) is 5.91 Å². The van der Waals surface area contributed by atoms with Gasteiger partial charge in [0.2, 0.25) is 0 Å². The molecule has 0 atom stereocenters. The molecule has 0 aliphatic heterocycles. The molecule has 5 nitrogen and oxygen atoms in total. The summed E-state index contributed by atoms with van der Waals surface area (Å²) >= 11 is 0. The van der Waals surface area contributed by atoms with Crippen molar-refractivity contribution in [3.8, 4) is 11.5 Å². The molecule has 0 aliphatic rings. The number of amides is 1. The molecule has 0 aliphatic carbocycles. The van der Waals surface area contributed by atoms with Gasteiger partial charge in [0.15, 0.2) is 11.5 Å². The first-order valence-electron chi connectivity index (χ1n) is 8.23. The SMILES string of the molecule is COc1cc(C)c(CCNC(=O)c2cccc(N(C)C)c2)cc1OC. The maximum Gasteiger partial charge on any atom is 0.251 e. The van der Waals surface area contributed by atoms with Crippen LogP contribution < -0.4 is 19.7 Å². The number of aryl methyl sites for hydroxylation is 1. The van der Waals surface area contributed by atoms with Crippen LogP contribution in [0.2, 0.25) is 0 Å². The summed E-state index contributed by atoms with van der Waals surface area (Å²) < 4.78 is 10.7. The molecule has 134 valence electrons. The Labute approximate surface area is 149 Å². The molecule has 0 heterocycles. The number of benzene rings is 2. The standard InChI is InChI=1S/C20H26N2O3/c1-14-11-18(24-4)19(25-5)13-15(14)9-10-21-20(23)16-7-6-8-17(12-16)22(2)3/h6-8,11-13H,9-10H2,1-5H3,(H,21,23). The molecule has 0 aromatic heterocycles. The van der Waals surface area contributed by atoms with E-state index in [-0.39, 0.29) is 5.91 Å². The zero-order chi connectivity index (χ0) is 18.4. The normalized spacial score (nSPS) is 10.3. The summed E-state index contributed by atoms with van der Waals surface area (Å²) in [6, 6.07) is 11.5. The monoisotopic (exact) mass is 342 g/mol. The van der Waals surface area contributed by atoms with Gasteiger partial charge < -0.3 is 19.7 Å². The van der Waals surface area contributed by atoms with Gasteiger partial charge in [-0.1, -0.05) is 6.07 Å². The van der Waals surface area contributed by atoms with Crippen LogP contribution in [0.1, 0.15) is 21.5 Å². The van der Waals surface area contributed by atoms with Crippen LogP contribution in [-0.2, 0) is 6.42 Å². The molecule has 0 fully saturated rings. The van der Waals surface area contributed by atoms with Crippen molar-refractivity contribution in [3.05, 3.63) is 53.1 Å². The van der Waals surface area contributed by atoms with Gasteiger partial charge >= 0.3 is 0 Å². The van der Waals surface area contributed by atoms with E-state index in [9.17, 15) is 4.79 Å². The van der Waals surface area contributed by atoms with Crippen LogP contribution in [0.15, 0.2) is 36.4 Å². The number of carbonyl (C=O) groups excluding carboxylic acids is 1. The average Bonchev–Trinajstić information content (AvgIpc) is 2.62. The van der Waals surface area contributed by atoms with E-state index in [0.29, 0.717) is 23.6 Å². The Hall–Kier alpha value is -2.69. The number of carbonyl (C=O) groups is 1. The third-order valence-corrected chi connectivity index (χ3v) is 4.15. The number of rotatable bonds is 7. The van der Waals surface area contributed by atoms with E-state index in [0.717, 1.165) is 23.2 Å². The topological polar surface area (TPSA) is 50.8 Å². The van der Waals surface area contributed by atoms with Gasteiger partial charge in [0.05, 0.1) is 14.2 Å². The predicted octanol–water partition coefficient (Wildman–Crippen LogP) is 3.05. The van der Waals surface area contributed by atoms with Crippen LogP contribution in [-0.4, -0.2) is 40.8 Å². The van der Waals surface area contributed by atoms with Gasteiger partial charge in [-0.3, -0.25) is 4.79 Å². The van der Waals surface area contributed by atoms with Crippen molar-refractivity contribution >= 4 is 11.6 Å². The van der Waals surface area contributed by atoms with Crippen LogP contribution >= 0.6 is 0 Å². The summed E-state index contributed by atoms with van der Waals surface area (Å²) in [6.07, 6.45) is 0.727. The second-order valence-electron chi connectivity index (χ2n) is 6.08. The number of nitrogens with one attached hydrogen (secondary N) is 1. The summed E-state index contributed by atoms with van der Waals surface area (Å²) in [5.41, 5.74) is 3.90. The molecule has 0 radical (unpaired) electrons. The van der Waals surface area contributed by atoms with E-state index in [2.05, 4.69) is 5.32 Å². The zero-order valence-corrected chi connectivity index (χ0v) is 15.6. The van der Waals surface area contributed by atoms with Gasteiger partial charge in [-0.15, -0.1) is 0 Å². The van der Waals surface area contributed by atoms with Crippen LogP contribution in [0.5, 0.6) is 11.5 Å². The predicted molar refractivity (Wildman–Crippen MR) is 101 cm³/mol. The molecule has 1 amide bonds. The molecular weight excluding hydrogens is 316 g/mol. The summed E-state index contributed by atoms with van der Waals surface area (Å²) in [4.78, 5) is 14.3. The molecule has 0 saturated carbocycles. The molecule has 0 spiro atoms. The second kappa shape index (κ2) is 8.42. The van der Waals surface area contributed by atoms with Crippen LogP contribution in [0.25, 0.3) is 0 Å². The Bertz CT molecular complexity index is 742. The van der Waals surface area contributed by atoms with Crippen LogP contribution in [0, 0.1) is 6.92 Å². The fourth-order valence-electron chi connectivity index (χ4n) is 2.63. The van der Waals surface area contributed by atoms with Crippen molar-refractivity contribution in [1.82, 2.24) is 5.32 Å². The molecule has 0 saturated heterocycles. The molecule has 0 bridgehead atoms. The third kappa shape index (κ3) is 4.66. The lowest BCUT2D eigenvalue weighted by molar-refractivity contribution is 0.0954. The second-order valence-corrected chi connectivity index (χ2v) is 6.08. The third-order valence-electron chi connectivity index (χ3n) is 4.15. The minimum Gasteiger partial charge on any atom is -0.493 e. The van der Waals surface area contributed by atoms with Crippen molar-refractivity contribution in [2.45, 2.75) is 13.3 Å². The van der Waals surface area contributed by atoms with Crippen LogP contribution in [0.4, 0.5) is 5.69 Å². The van der Waals surface area contributed by atoms with Crippen LogP contribution in [0.3, 0.4) is 0 Å². The average molecular weight is 342 g/mol. The smallest absolute Gasteiger partial charge is 0.251 e. The van der Waals surface area contributed by atoms with Crippen molar-refractivity contribution in [1.29, 1.82) is 0 Å². The Morgan fingerprint density at radius 3 is 2.40 bits per heavy atom. The van der Waals surface area contributed by atoms with E-state index in [1.807, 2.05) is 62.3 Å². The van der Waals surface area contributed by atoms with Gasteiger partial charge in [0, 0.05) is 31.9 Å². The number of anilines is 1. The number of methoxy groups -OCH3 is 2. The molecule has 1 N–H and O–H groups in total. The molecule has 5 heteroatoms. The van der Waals surface area contributed by atoms with Gasteiger partial charge in [-0.2, -0.15) is 0 Å². The largest absolute Gasteiger partial charge is 0.493 e. The fraction of sp³-hybridized carbons (Fsp3) is 0.350. The summed E-state index contributed by atoms with van der Waals surface area (Å²) in [6.45, 7) is 2.58. The highest BCUT2D eigenvalue weighted by Gasteiger charge is 2.10. The summed E-state index contributed by atoms with van der Waals surface area (Å²) in [5, 5.41) is 2.98. The minimum absolute atomic E-state index is 0.0678. The lowest BCUT2D eigenvalue weighted by Crippen LogP contribution is -2.26. The van der Waals surface area contributed by atoms with Crippen molar-refractivity contribution in [2.24, 2.45) is 0 Å². The highest BCUT2D eigenvalue weighted by Crippen LogP contribution is 2.30. The first kappa shape index (κ1) is 18.6. The zero-order valence-electron chi connectivity index (χ0n) is 15.6. The quantitative estimate of drug-likeness (QED) is 0.840. The van der Waals surface area contributed by atoms with E-state index >= 15 is 0 Å². The molecule has 25 heavy (non-hydrogen) atoms. The number of hydrogen-bond donors (Lipinski definition) is 1. The van der Waals surface area contributed by atoms with Crippen molar-refractivity contribution in [2.75, 3.05) is 39.8 Å². The summed E-state index contributed by atoms with van der Waals surface area (Å²) in [5.74, 6) is 1.35. The number of nitrogens with zero attached hydrogens (tertiary/aromatic N) is 1. The summed E-state index contributed by atoms with van der Waals surface area (Å²) in [7, 11) is 7.16. The molecule has 2 aromatic rings. The van der Waals surface area contributed by atoms with Gasteiger partial charge in [-0.05, 0) is 54.8 Å². The van der Waals surface area contributed by atoms with Crippen molar-refractivity contribution in [3.63, 3.8) is 0 Å². The Morgan fingerprint density at radius 1 is 1.08 bits per heavy atom. The maximum atomic E-state index is 12.3. The van der Waals surface area contributed by atoms with E-state index in [1.165, 1.54) is 0 Å². The molecule has 2 rings (SSSR count). The number of ether oxygens (including phenoxy) is 2. The fourth-order valence-corrected chi connectivity index (χ4v) is 2.63. The lowest BCUT2D eigenvalue weighted by atomic mass is 10.0.